The Morgan fingerprint density at radius 3 is 2.35 bits per heavy atom. The molecule has 0 aliphatic carbocycles. The Labute approximate surface area is 182 Å². The average molecular weight is 464 g/mol. The minimum atomic E-state index is -3.81. The second kappa shape index (κ2) is 8.81. The van der Waals surface area contributed by atoms with Crippen molar-refractivity contribution in [3.05, 3.63) is 71.2 Å². The molecule has 4 rings (SSSR count). The molecule has 2 heterocycles. The van der Waals surface area contributed by atoms with E-state index in [4.69, 9.17) is 0 Å². The number of hydrogen-bond acceptors (Lipinski definition) is 5. The van der Waals surface area contributed by atoms with Crippen molar-refractivity contribution in [1.29, 1.82) is 0 Å². The quantitative estimate of drug-likeness (QED) is 0.583. The maximum Gasteiger partial charge on any atom is 0.243 e. The molecule has 1 aromatic heterocycles. The molecule has 31 heavy (non-hydrogen) atoms. The van der Waals surface area contributed by atoms with Gasteiger partial charge in [-0.05, 0) is 30.3 Å². The lowest BCUT2D eigenvalue weighted by molar-refractivity contribution is -0.131. The molecule has 6 nitrogen and oxygen atoms in total. The number of rotatable bonds is 5. The van der Waals surface area contributed by atoms with Crippen LogP contribution >= 0.6 is 11.3 Å². The topological polar surface area (TPSA) is 70.6 Å². The number of halogens is 2. The molecule has 0 bridgehead atoms. The fourth-order valence-corrected chi connectivity index (χ4v) is 5.63. The van der Waals surface area contributed by atoms with Gasteiger partial charge in [-0.25, -0.2) is 22.2 Å². The van der Waals surface area contributed by atoms with E-state index in [1.54, 1.807) is 22.4 Å². The summed E-state index contributed by atoms with van der Waals surface area (Å²) < 4.78 is 53.5. The van der Waals surface area contributed by atoms with Crippen LogP contribution in [0.3, 0.4) is 0 Å². The lowest BCUT2D eigenvalue weighted by Crippen LogP contribution is -2.50. The summed E-state index contributed by atoms with van der Waals surface area (Å²) in [6.45, 7) is 0.759. The van der Waals surface area contributed by atoms with Crippen LogP contribution in [0.15, 0.2) is 58.8 Å². The zero-order valence-electron chi connectivity index (χ0n) is 16.4. The molecule has 0 atom stereocenters. The third-order valence-corrected chi connectivity index (χ3v) is 7.82. The van der Waals surface area contributed by atoms with Crippen LogP contribution in [0.25, 0.3) is 10.6 Å². The Hall–Kier alpha value is -2.69. The summed E-state index contributed by atoms with van der Waals surface area (Å²) in [5.41, 5.74) is 1.24. The summed E-state index contributed by atoms with van der Waals surface area (Å²) >= 11 is 1.34. The van der Waals surface area contributed by atoms with Crippen LogP contribution in [0.1, 0.15) is 5.69 Å². The first-order valence-electron chi connectivity index (χ1n) is 9.57. The number of nitrogens with zero attached hydrogens (tertiary/aromatic N) is 3. The number of piperazine rings is 1. The van der Waals surface area contributed by atoms with Crippen LogP contribution in [0.4, 0.5) is 8.78 Å². The van der Waals surface area contributed by atoms with E-state index in [1.807, 2.05) is 0 Å². The Morgan fingerprint density at radius 2 is 1.68 bits per heavy atom. The van der Waals surface area contributed by atoms with Gasteiger partial charge in [-0.3, -0.25) is 4.79 Å². The van der Waals surface area contributed by atoms with Gasteiger partial charge in [0, 0.05) is 37.1 Å². The van der Waals surface area contributed by atoms with Crippen LogP contribution in [0, 0.1) is 11.6 Å². The normalized spacial score (nSPS) is 15.2. The third-order valence-electron chi connectivity index (χ3n) is 4.98. The first-order chi connectivity index (χ1) is 14.8. The highest BCUT2D eigenvalue weighted by molar-refractivity contribution is 7.89. The Kier molecular flexibility index (Phi) is 6.12. The van der Waals surface area contributed by atoms with Crippen molar-refractivity contribution >= 4 is 27.3 Å². The van der Waals surface area contributed by atoms with Crippen LogP contribution in [-0.4, -0.2) is 54.7 Å². The highest BCUT2D eigenvalue weighted by Gasteiger charge is 2.30. The summed E-state index contributed by atoms with van der Waals surface area (Å²) in [4.78, 5) is 18.6. The van der Waals surface area contributed by atoms with Crippen molar-refractivity contribution < 1.29 is 22.0 Å². The number of amides is 1. The third kappa shape index (κ3) is 4.81. The number of aromatic nitrogens is 1. The van der Waals surface area contributed by atoms with Gasteiger partial charge in [0.05, 0.1) is 17.0 Å². The number of sulfonamides is 1. The molecule has 1 aliphatic heterocycles. The summed E-state index contributed by atoms with van der Waals surface area (Å²) in [5.74, 6) is -1.12. The van der Waals surface area contributed by atoms with E-state index in [0.717, 1.165) is 6.07 Å². The molecule has 10 heteroatoms. The molecule has 1 fully saturated rings. The first kappa shape index (κ1) is 21.5. The molecule has 162 valence electrons. The van der Waals surface area contributed by atoms with Crippen LogP contribution in [-0.2, 0) is 21.2 Å². The van der Waals surface area contributed by atoms with E-state index < -0.39 is 15.8 Å². The van der Waals surface area contributed by atoms with Crippen molar-refractivity contribution in [3.63, 3.8) is 0 Å². The summed E-state index contributed by atoms with van der Waals surface area (Å²) in [7, 11) is -3.81. The zero-order valence-corrected chi connectivity index (χ0v) is 18.0. The Balaban J connectivity index is 1.37. The van der Waals surface area contributed by atoms with Gasteiger partial charge in [-0.15, -0.1) is 11.3 Å². The smallest absolute Gasteiger partial charge is 0.243 e. The van der Waals surface area contributed by atoms with E-state index in [0.29, 0.717) is 16.3 Å². The number of benzene rings is 2. The van der Waals surface area contributed by atoms with Crippen molar-refractivity contribution in [2.45, 2.75) is 11.3 Å². The van der Waals surface area contributed by atoms with E-state index in [9.17, 15) is 22.0 Å². The molecule has 3 aromatic rings. The predicted molar refractivity (Wildman–Crippen MR) is 113 cm³/mol. The van der Waals surface area contributed by atoms with Crippen LogP contribution in [0.2, 0.25) is 0 Å². The van der Waals surface area contributed by atoms with Gasteiger partial charge in [-0.1, -0.05) is 18.2 Å². The van der Waals surface area contributed by atoms with Crippen molar-refractivity contribution in [2.75, 3.05) is 26.2 Å². The van der Waals surface area contributed by atoms with Crippen molar-refractivity contribution in [1.82, 2.24) is 14.2 Å². The monoisotopic (exact) mass is 463 g/mol. The van der Waals surface area contributed by atoms with Crippen molar-refractivity contribution in [2.24, 2.45) is 0 Å². The van der Waals surface area contributed by atoms with Crippen molar-refractivity contribution in [3.8, 4) is 10.6 Å². The Morgan fingerprint density at radius 1 is 1.00 bits per heavy atom. The molecular formula is C21H19F2N3O3S2. The second-order valence-corrected chi connectivity index (χ2v) is 9.87. The molecule has 0 spiro atoms. The fraction of sp³-hybridized carbons (Fsp3) is 0.238. The number of hydrogen-bond donors (Lipinski definition) is 0. The molecule has 0 N–H and O–H groups in total. The predicted octanol–water partition coefficient (Wildman–Crippen LogP) is 3.16. The van der Waals surface area contributed by atoms with E-state index in [1.165, 1.54) is 46.0 Å². The first-order valence-corrected chi connectivity index (χ1v) is 11.9. The van der Waals surface area contributed by atoms with Gasteiger partial charge in [0.25, 0.3) is 0 Å². The molecule has 1 saturated heterocycles. The highest BCUT2D eigenvalue weighted by atomic mass is 32.2. The van der Waals surface area contributed by atoms with Gasteiger partial charge >= 0.3 is 0 Å². The summed E-state index contributed by atoms with van der Waals surface area (Å²) in [6, 6.07) is 11.0. The van der Waals surface area contributed by atoms with Gasteiger partial charge in [0.15, 0.2) is 0 Å². The lowest BCUT2D eigenvalue weighted by Gasteiger charge is -2.34. The zero-order chi connectivity index (χ0) is 22.0. The largest absolute Gasteiger partial charge is 0.340 e. The van der Waals surface area contributed by atoms with E-state index >= 15 is 0 Å². The minimum Gasteiger partial charge on any atom is -0.340 e. The van der Waals surface area contributed by atoms with Crippen LogP contribution < -0.4 is 0 Å². The molecule has 0 radical (unpaired) electrons. The van der Waals surface area contributed by atoms with E-state index in [2.05, 4.69) is 4.98 Å². The number of carbonyl (C=O) groups is 1. The molecule has 0 unspecified atom stereocenters. The average Bonchev–Trinajstić information content (AvgIpc) is 3.22. The molecule has 0 saturated carbocycles. The molecule has 1 aliphatic rings. The SMILES string of the molecule is O=C(Cc1csc(-c2cccc(F)c2)n1)N1CCN(S(=O)(=O)c2cccc(F)c2)CC1. The Bertz CT molecular complexity index is 1210. The van der Waals surface area contributed by atoms with Gasteiger partial charge in [0.1, 0.15) is 16.6 Å². The standard InChI is InChI=1S/C21H19F2N3O3S2/c22-16-4-1-3-15(11-16)21-24-18(14-30-21)13-20(27)25-7-9-26(10-8-25)31(28,29)19-6-2-5-17(23)12-19/h1-6,11-12,14H,7-10,13H2. The number of carbonyl (C=O) groups excluding carboxylic acids is 1. The highest BCUT2D eigenvalue weighted by Crippen LogP contribution is 2.25. The molecular weight excluding hydrogens is 444 g/mol. The van der Waals surface area contributed by atoms with Gasteiger partial charge in [0.2, 0.25) is 15.9 Å². The minimum absolute atomic E-state index is 0.0858. The maximum atomic E-state index is 13.4. The molecule has 2 aromatic carbocycles. The van der Waals surface area contributed by atoms with Crippen LogP contribution in [0.5, 0.6) is 0 Å². The van der Waals surface area contributed by atoms with E-state index in [-0.39, 0.29) is 49.2 Å². The second-order valence-electron chi connectivity index (χ2n) is 7.07. The summed E-state index contributed by atoms with van der Waals surface area (Å²) in [5, 5.41) is 2.40. The lowest BCUT2D eigenvalue weighted by atomic mass is 10.2. The fourth-order valence-electron chi connectivity index (χ4n) is 3.36. The van der Waals surface area contributed by atoms with Gasteiger partial charge in [-0.2, -0.15) is 4.31 Å². The summed E-state index contributed by atoms with van der Waals surface area (Å²) in [6.07, 6.45) is 0.0858. The number of thiazole rings is 1. The van der Waals surface area contributed by atoms with Gasteiger partial charge < -0.3 is 4.90 Å². The molecule has 1 amide bonds. The maximum absolute atomic E-state index is 13.4.